The fraction of sp³-hybridized carbons (Fsp3) is 0.133. The highest BCUT2D eigenvalue weighted by atomic mass is 32.1. The van der Waals surface area contributed by atoms with Gasteiger partial charge in [-0.25, -0.2) is 4.98 Å². The summed E-state index contributed by atoms with van der Waals surface area (Å²) in [6, 6.07) is 7.46. The van der Waals surface area contributed by atoms with Crippen molar-refractivity contribution in [3.05, 3.63) is 39.0 Å². The summed E-state index contributed by atoms with van der Waals surface area (Å²) in [5, 5.41) is 9.57. The molecule has 0 atom stereocenters. The Balaban J connectivity index is 1.93. The summed E-state index contributed by atoms with van der Waals surface area (Å²) in [5.74, 6) is 1.74. The Labute approximate surface area is 128 Å². The molecule has 0 saturated heterocycles. The number of nitriles is 1. The van der Waals surface area contributed by atoms with E-state index in [1.165, 1.54) is 11.3 Å². The van der Waals surface area contributed by atoms with E-state index in [1.54, 1.807) is 19.1 Å². The summed E-state index contributed by atoms with van der Waals surface area (Å²) < 4.78 is 10.6. The number of rotatable bonds is 1. The van der Waals surface area contributed by atoms with Crippen LogP contribution in [0.15, 0.2) is 23.0 Å². The first kappa shape index (κ1) is 12.9. The summed E-state index contributed by atoms with van der Waals surface area (Å²) in [4.78, 5) is 20.6. The van der Waals surface area contributed by atoms with E-state index in [4.69, 9.17) is 14.7 Å². The zero-order valence-corrected chi connectivity index (χ0v) is 12.3. The number of aromatic amines is 1. The van der Waals surface area contributed by atoms with Crippen LogP contribution in [-0.2, 0) is 0 Å². The van der Waals surface area contributed by atoms with E-state index in [0.717, 1.165) is 5.56 Å². The molecule has 0 amide bonds. The van der Waals surface area contributed by atoms with Crippen LogP contribution in [0.1, 0.15) is 10.4 Å². The molecule has 2 aromatic heterocycles. The van der Waals surface area contributed by atoms with Crippen molar-refractivity contribution < 1.29 is 9.47 Å². The minimum absolute atomic E-state index is 0.192. The number of thiophene rings is 1. The molecule has 108 valence electrons. The second kappa shape index (κ2) is 4.58. The van der Waals surface area contributed by atoms with Gasteiger partial charge >= 0.3 is 0 Å². The first-order chi connectivity index (χ1) is 10.7. The lowest BCUT2D eigenvalue weighted by molar-refractivity contribution is 0.174. The van der Waals surface area contributed by atoms with Crippen molar-refractivity contribution in [3.8, 4) is 29.0 Å². The van der Waals surface area contributed by atoms with Crippen molar-refractivity contribution in [2.75, 3.05) is 6.79 Å². The zero-order valence-electron chi connectivity index (χ0n) is 11.5. The number of aromatic nitrogens is 2. The fourth-order valence-electron chi connectivity index (χ4n) is 2.43. The van der Waals surface area contributed by atoms with Crippen LogP contribution in [0.3, 0.4) is 0 Å². The van der Waals surface area contributed by atoms with Gasteiger partial charge in [0, 0.05) is 5.56 Å². The Kier molecular flexibility index (Phi) is 2.68. The smallest absolute Gasteiger partial charge is 0.260 e. The van der Waals surface area contributed by atoms with E-state index in [9.17, 15) is 4.79 Å². The highest BCUT2D eigenvalue weighted by molar-refractivity contribution is 7.19. The van der Waals surface area contributed by atoms with Crippen LogP contribution in [0.2, 0.25) is 0 Å². The quantitative estimate of drug-likeness (QED) is 0.746. The average molecular weight is 311 g/mol. The summed E-state index contributed by atoms with van der Waals surface area (Å²) in [5.41, 5.74) is 1.16. The third kappa shape index (κ3) is 1.78. The van der Waals surface area contributed by atoms with Crippen molar-refractivity contribution >= 4 is 21.6 Å². The average Bonchev–Trinajstić information content (AvgIpc) is 3.10. The molecule has 0 fully saturated rings. The lowest BCUT2D eigenvalue weighted by Gasteiger charge is -2.03. The topological polar surface area (TPSA) is 88.0 Å². The van der Waals surface area contributed by atoms with Gasteiger partial charge in [-0.3, -0.25) is 4.79 Å². The Hall–Kier alpha value is -2.85. The van der Waals surface area contributed by atoms with E-state index >= 15 is 0 Å². The second-order valence-corrected chi connectivity index (χ2v) is 5.83. The number of hydrogen-bond donors (Lipinski definition) is 1. The molecule has 6 nitrogen and oxygen atoms in total. The molecule has 22 heavy (non-hydrogen) atoms. The molecule has 0 aliphatic carbocycles. The van der Waals surface area contributed by atoms with Crippen molar-refractivity contribution in [2.45, 2.75) is 6.92 Å². The lowest BCUT2D eigenvalue weighted by Crippen LogP contribution is -2.09. The molecule has 7 heteroatoms. The van der Waals surface area contributed by atoms with E-state index in [0.29, 0.717) is 38.0 Å². The zero-order chi connectivity index (χ0) is 15.3. The van der Waals surface area contributed by atoms with Crippen LogP contribution in [0.25, 0.3) is 21.6 Å². The number of fused-ring (bicyclic) bond motifs is 2. The number of hydrogen-bond acceptors (Lipinski definition) is 6. The third-order valence-corrected chi connectivity index (χ3v) is 4.64. The van der Waals surface area contributed by atoms with Gasteiger partial charge in [0.15, 0.2) is 11.5 Å². The highest BCUT2D eigenvalue weighted by Gasteiger charge is 2.17. The third-order valence-electron chi connectivity index (χ3n) is 3.55. The number of benzene rings is 1. The molecule has 4 rings (SSSR count). The SMILES string of the molecule is Cc1c(C#N)sc2nc(-c3ccc4c(c3)OCO4)[nH]c(=O)c12. The van der Waals surface area contributed by atoms with Crippen LogP contribution in [-0.4, -0.2) is 16.8 Å². The maximum absolute atomic E-state index is 12.3. The van der Waals surface area contributed by atoms with E-state index in [2.05, 4.69) is 16.0 Å². The summed E-state index contributed by atoms with van der Waals surface area (Å²) >= 11 is 1.22. The molecule has 0 unspecified atom stereocenters. The van der Waals surface area contributed by atoms with Gasteiger partial charge in [-0.15, -0.1) is 11.3 Å². The Morgan fingerprint density at radius 1 is 1.36 bits per heavy atom. The van der Waals surface area contributed by atoms with Crippen molar-refractivity contribution in [3.63, 3.8) is 0 Å². The fourth-order valence-corrected chi connectivity index (χ4v) is 3.41. The predicted octanol–water partition coefficient (Wildman–Crippen LogP) is 2.56. The van der Waals surface area contributed by atoms with E-state index in [-0.39, 0.29) is 12.4 Å². The van der Waals surface area contributed by atoms with Gasteiger partial charge in [-0.05, 0) is 30.7 Å². The molecule has 0 radical (unpaired) electrons. The minimum Gasteiger partial charge on any atom is -0.454 e. The van der Waals surface area contributed by atoms with Gasteiger partial charge in [-0.2, -0.15) is 5.26 Å². The molecule has 3 aromatic rings. The normalized spacial score (nSPS) is 12.5. The number of aryl methyl sites for hydroxylation is 1. The predicted molar refractivity (Wildman–Crippen MR) is 81.3 cm³/mol. The molecule has 3 heterocycles. The lowest BCUT2D eigenvalue weighted by atomic mass is 10.1. The van der Waals surface area contributed by atoms with E-state index < -0.39 is 0 Å². The molecular weight excluding hydrogens is 302 g/mol. The monoisotopic (exact) mass is 311 g/mol. The summed E-state index contributed by atoms with van der Waals surface area (Å²) in [6.45, 7) is 1.95. The molecule has 1 aliphatic rings. The Bertz CT molecular complexity index is 1010. The molecule has 1 N–H and O–H groups in total. The number of ether oxygens (including phenoxy) is 2. The number of nitrogens with one attached hydrogen (secondary N) is 1. The summed E-state index contributed by atoms with van der Waals surface area (Å²) in [7, 11) is 0. The Morgan fingerprint density at radius 3 is 3.00 bits per heavy atom. The second-order valence-electron chi connectivity index (χ2n) is 4.83. The first-order valence-corrected chi connectivity index (χ1v) is 7.32. The maximum Gasteiger partial charge on any atom is 0.260 e. The molecule has 1 aromatic carbocycles. The van der Waals surface area contributed by atoms with Gasteiger partial charge < -0.3 is 14.5 Å². The van der Waals surface area contributed by atoms with Crippen molar-refractivity contribution in [2.24, 2.45) is 0 Å². The number of H-pyrrole nitrogens is 1. The molecule has 1 aliphatic heterocycles. The van der Waals surface area contributed by atoms with E-state index in [1.807, 2.05) is 6.07 Å². The Morgan fingerprint density at radius 2 is 2.18 bits per heavy atom. The van der Waals surface area contributed by atoms with Gasteiger partial charge in [-0.1, -0.05) is 0 Å². The molecular formula is C15H9N3O3S. The molecule has 0 bridgehead atoms. The van der Waals surface area contributed by atoms with Gasteiger partial charge in [0.2, 0.25) is 6.79 Å². The maximum atomic E-state index is 12.3. The first-order valence-electron chi connectivity index (χ1n) is 6.51. The highest BCUT2D eigenvalue weighted by Crippen LogP contribution is 2.35. The molecule has 0 spiro atoms. The van der Waals surface area contributed by atoms with Gasteiger partial charge in [0.1, 0.15) is 21.6 Å². The van der Waals surface area contributed by atoms with Gasteiger partial charge in [0.25, 0.3) is 5.56 Å². The van der Waals surface area contributed by atoms with Crippen LogP contribution < -0.4 is 15.0 Å². The van der Waals surface area contributed by atoms with Crippen LogP contribution in [0.5, 0.6) is 11.5 Å². The van der Waals surface area contributed by atoms with Crippen molar-refractivity contribution in [1.29, 1.82) is 5.26 Å². The van der Waals surface area contributed by atoms with Crippen LogP contribution >= 0.6 is 11.3 Å². The summed E-state index contributed by atoms with van der Waals surface area (Å²) in [6.07, 6.45) is 0. The van der Waals surface area contributed by atoms with Crippen molar-refractivity contribution in [1.82, 2.24) is 9.97 Å². The molecule has 0 saturated carbocycles. The van der Waals surface area contributed by atoms with Crippen LogP contribution in [0, 0.1) is 18.3 Å². The largest absolute Gasteiger partial charge is 0.454 e. The van der Waals surface area contributed by atoms with Crippen LogP contribution in [0.4, 0.5) is 0 Å². The number of nitrogens with zero attached hydrogens (tertiary/aromatic N) is 2. The minimum atomic E-state index is -0.243. The standard InChI is InChI=1S/C15H9N3O3S/c1-7-11(5-16)22-15-12(7)14(19)17-13(18-15)8-2-3-9-10(4-8)21-6-20-9/h2-4H,6H2,1H3,(H,17,18,19). The van der Waals surface area contributed by atoms with Gasteiger partial charge in [0.05, 0.1) is 5.39 Å².